The molecule has 6 nitrogen and oxygen atoms in total. The van der Waals surface area contributed by atoms with E-state index in [4.69, 9.17) is 14.2 Å². The molecule has 1 unspecified atom stereocenters. The highest BCUT2D eigenvalue weighted by molar-refractivity contribution is 5.71. The Labute approximate surface area is 392 Å². The molecule has 0 rings (SSSR count). The van der Waals surface area contributed by atoms with Crippen LogP contribution >= 0.6 is 0 Å². The molecule has 360 valence electrons. The molecular formula is C58H92O6. The molecule has 0 aromatic rings. The van der Waals surface area contributed by atoms with Crippen LogP contribution in [0.1, 0.15) is 207 Å². The van der Waals surface area contributed by atoms with Gasteiger partial charge in [-0.3, -0.25) is 14.4 Å². The average molecular weight is 885 g/mol. The fourth-order valence-electron chi connectivity index (χ4n) is 6.34. The van der Waals surface area contributed by atoms with Gasteiger partial charge in [0.15, 0.2) is 6.10 Å². The number of hydrogen-bond acceptors (Lipinski definition) is 6. The number of carbonyl (C=O) groups is 3. The summed E-state index contributed by atoms with van der Waals surface area (Å²) in [4.78, 5) is 37.9. The topological polar surface area (TPSA) is 78.9 Å². The summed E-state index contributed by atoms with van der Waals surface area (Å²) in [5, 5.41) is 0. The van der Waals surface area contributed by atoms with Crippen LogP contribution in [0.2, 0.25) is 0 Å². The molecule has 6 heteroatoms. The van der Waals surface area contributed by atoms with Gasteiger partial charge in [0.05, 0.1) is 0 Å². The van der Waals surface area contributed by atoms with Gasteiger partial charge in [-0.25, -0.2) is 0 Å². The number of unbranched alkanes of at least 4 members (excludes halogenated alkanes) is 13. The molecule has 1 atom stereocenters. The van der Waals surface area contributed by atoms with Crippen LogP contribution in [0, 0.1) is 0 Å². The van der Waals surface area contributed by atoms with E-state index in [2.05, 4.69) is 142 Å². The Morgan fingerprint density at radius 2 is 0.625 bits per heavy atom. The SMILES string of the molecule is CC/C=C\C/C=C\CCCCCCCC(=O)OCC(COC(=O)CCC/C=C\C/C=C\C/C=C\C/C=C\CCCCC)OC(=O)CCC/C=C\C/C=C\C/C=C\C/C=C\CCCCC. The van der Waals surface area contributed by atoms with Crippen molar-refractivity contribution >= 4 is 17.9 Å². The van der Waals surface area contributed by atoms with Gasteiger partial charge in [0.1, 0.15) is 13.2 Å². The molecule has 0 saturated carbocycles. The molecule has 0 heterocycles. The van der Waals surface area contributed by atoms with Gasteiger partial charge in [-0.05, 0) is 122 Å². The quantitative estimate of drug-likeness (QED) is 0.0262. The highest BCUT2D eigenvalue weighted by Crippen LogP contribution is 2.11. The van der Waals surface area contributed by atoms with Crippen LogP contribution in [-0.2, 0) is 28.6 Å². The minimum atomic E-state index is -0.837. The largest absolute Gasteiger partial charge is 0.462 e. The van der Waals surface area contributed by atoms with Crippen molar-refractivity contribution in [3.63, 3.8) is 0 Å². The average Bonchev–Trinajstić information content (AvgIpc) is 3.29. The fourth-order valence-corrected chi connectivity index (χ4v) is 6.34. The number of allylic oxidation sites excluding steroid dienone is 20. The minimum Gasteiger partial charge on any atom is -0.462 e. The first kappa shape index (κ1) is 59.8. The Morgan fingerprint density at radius 3 is 1.02 bits per heavy atom. The Balaban J connectivity index is 4.60. The fraction of sp³-hybridized carbons (Fsp3) is 0.603. The lowest BCUT2D eigenvalue weighted by Crippen LogP contribution is -2.30. The summed E-state index contributed by atoms with van der Waals surface area (Å²) in [6.07, 6.45) is 70.5. The molecular weight excluding hydrogens is 793 g/mol. The molecule has 0 aliphatic heterocycles. The monoisotopic (exact) mass is 885 g/mol. The summed E-state index contributed by atoms with van der Waals surface area (Å²) in [7, 11) is 0. The zero-order valence-corrected chi connectivity index (χ0v) is 41.0. The zero-order valence-electron chi connectivity index (χ0n) is 41.0. The third-order valence-corrected chi connectivity index (χ3v) is 10.2. The molecule has 0 bridgehead atoms. The molecule has 0 aliphatic rings. The Hall–Kier alpha value is -4.19. The van der Waals surface area contributed by atoms with Crippen LogP contribution in [0.5, 0.6) is 0 Å². The first-order chi connectivity index (χ1) is 31.5. The van der Waals surface area contributed by atoms with Crippen LogP contribution in [0.15, 0.2) is 122 Å². The molecule has 0 spiro atoms. The first-order valence-electron chi connectivity index (χ1n) is 25.5. The maximum Gasteiger partial charge on any atom is 0.306 e. The van der Waals surface area contributed by atoms with Crippen LogP contribution in [0.3, 0.4) is 0 Å². The Bertz CT molecular complexity index is 1390. The predicted octanol–water partition coefficient (Wildman–Crippen LogP) is 16.9. The van der Waals surface area contributed by atoms with Crippen molar-refractivity contribution in [1.82, 2.24) is 0 Å². The lowest BCUT2D eigenvalue weighted by Gasteiger charge is -2.18. The van der Waals surface area contributed by atoms with Crippen LogP contribution in [0.4, 0.5) is 0 Å². The van der Waals surface area contributed by atoms with Gasteiger partial charge in [-0.15, -0.1) is 0 Å². The van der Waals surface area contributed by atoms with E-state index in [9.17, 15) is 14.4 Å². The number of carbonyl (C=O) groups excluding carboxylic acids is 3. The zero-order chi connectivity index (χ0) is 46.5. The van der Waals surface area contributed by atoms with E-state index in [-0.39, 0.29) is 44.0 Å². The van der Waals surface area contributed by atoms with Crippen LogP contribution in [-0.4, -0.2) is 37.2 Å². The van der Waals surface area contributed by atoms with Crippen molar-refractivity contribution in [1.29, 1.82) is 0 Å². The standard InChI is InChI=1S/C58H92O6/c1-4-7-10-13-16-19-22-25-27-29-31-33-36-39-42-45-48-51-57(60)63-54-55(53-62-56(59)50-47-44-41-38-35-24-21-18-15-12-9-6-3)64-58(61)52-49-46-43-40-37-34-32-30-28-26-23-20-17-14-11-8-5-2/h9,12,16-21,25-28,31-34,39-40,42-43,55H,4-8,10-11,13-15,22-24,29-30,35-38,41,44-54H2,1-3H3/b12-9-,19-16-,20-17-,21-18-,27-25-,28-26-,33-31-,34-32-,42-39-,43-40-. The van der Waals surface area contributed by atoms with Gasteiger partial charge in [0.2, 0.25) is 0 Å². The molecule has 0 aromatic carbocycles. The highest BCUT2D eigenvalue weighted by atomic mass is 16.6. The van der Waals surface area contributed by atoms with E-state index in [0.29, 0.717) is 19.3 Å². The third-order valence-electron chi connectivity index (χ3n) is 10.2. The van der Waals surface area contributed by atoms with E-state index in [1.165, 1.54) is 51.4 Å². The molecule has 0 amide bonds. The van der Waals surface area contributed by atoms with E-state index >= 15 is 0 Å². The van der Waals surface area contributed by atoms with E-state index in [1.807, 2.05) is 0 Å². The summed E-state index contributed by atoms with van der Waals surface area (Å²) < 4.78 is 16.7. The van der Waals surface area contributed by atoms with Gasteiger partial charge in [0, 0.05) is 19.3 Å². The molecule has 0 N–H and O–H groups in total. The van der Waals surface area contributed by atoms with Crippen molar-refractivity contribution in [3.05, 3.63) is 122 Å². The van der Waals surface area contributed by atoms with Gasteiger partial charge in [0.25, 0.3) is 0 Å². The maximum atomic E-state index is 12.8. The Morgan fingerprint density at radius 1 is 0.328 bits per heavy atom. The maximum absolute atomic E-state index is 12.8. The van der Waals surface area contributed by atoms with Crippen molar-refractivity contribution < 1.29 is 28.6 Å². The first-order valence-corrected chi connectivity index (χ1v) is 25.5. The van der Waals surface area contributed by atoms with Crippen LogP contribution < -0.4 is 0 Å². The summed E-state index contributed by atoms with van der Waals surface area (Å²) in [6, 6.07) is 0. The number of esters is 3. The van der Waals surface area contributed by atoms with Crippen molar-refractivity contribution in [2.75, 3.05) is 13.2 Å². The third kappa shape index (κ3) is 48.8. The smallest absolute Gasteiger partial charge is 0.306 e. The minimum absolute atomic E-state index is 0.128. The van der Waals surface area contributed by atoms with Gasteiger partial charge in [-0.2, -0.15) is 0 Å². The summed E-state index contributed by atoms with van der Waals surface area (Å²) >= 11 is 0. The molecule has 0 fully saturated rings. The normalized spacial score (nSPS) is 13.1. The second-order valence-electron chi connectivity index (χ2n) is 16.3. The van der Waals surface area contributed by atoms with Crippen molar-refractivity contribution in [2.24, 2.45) is 0 Å². The summed E-state index contributed by atoms with van der Waals surface area (Å²) in [5.74, 6) is -1.07. The van der Waals surface area contributed by atoms with E-state index in [0.717, 1.165) is 103 Å². The summed E-state index contributed by atoms with van der Waals surface area (Å²) in [5.41, 5.74) is 0. The highest BCUT2D eigenvalue weighted by Gasteiger charge is 2.19. The van der Waals surface area contributed by atoms with Crippen LogP contribution in [0.25, 0.3) is 0 Å². The number of hydrogen-bond donors (Lipinski definition) is 0. The summed E-state index contributed by atoms with van der Waals surface area (Å²) in [6.45, 7) is 6.34. The molecule has 0 saturated heterocycles. The predicted molar refractivity (Wildman–Crippen MR) is 274 cm³/mol. The Kier molecular flexibility index (Phi) is 48.1. The molecule has 0 aromatic heterocycles. The van der Waals surface area contributed by atoms with Crippen molar-refractivity contribution in [2.45, 2.75) is 213 Å². The lowest BCUT2D eigenvalue weighted by atomic mass is 10.1. The van der Waals surface area contributed by atoms with Gasteiger partial charge >= 0.3 is 17.9 Å². The second-order valence-corrected chi connectivity index (χ2v) is 16.3. The molecule has 0 aliphatic carbocycles. The number of ether oxygens (including phenoxy) is 3. The van der Waals surface area contributed by atoms with Crippen molar-refractivity contribution in [3.8, 4) is 0 Å². The molecule has 0 radical (unpaired) electrons. The van der Waals surface area contributed by atoms with Gasteiger partial charge < -0.3 is 14.2 Å². The van der Waals surface area contributed by atoms with E-state index in [1.54, 1.807) is 0 Å². The van der Waals surface area contributed by atoms with Gasteiger partial charge in [-0.1, -0.05) is 187 Å². The lowest BCUT2D eigenvalue weighted by molar-refractivity contribution is -0.167. The number of rotatable bonds is 44. The molecule has 64 heavy (non-hydrogen) atoms. The second kappa shape index (κ2) is 51.4. The van der Waals surface area contributed by atoms with E-state index < -0.39 is 6.10 Å².